The van der Waals surface area contributed by atoms with Crippen molar-refractivity contribution in [2.24, 2.45) is 0 Å². The molecule has 0 aliphatic rings. The Bertz CT molecular complexity index is 654. The first-order chi connectivity index (χ1) is 10.2. The summed E-state index contributed by atoms with van der Waals surface area (Å²) in [6.45, 7) is 0.502. The fraction of sp³-hybridized carbons (Fsp3) is 0.200. The summed E-state index contributed by atoms with van der Waals surface area (Å²) in [6.07, 6.45) is 5.81. The van der Waals surface area contributed by atoms with E-state index in [1.54, 1.807) is 18.5 Å². The standard InChI is InChI=1S/C15H13FN4O/c16-14-10-19-7-4-13(14)15(21)20(8-2-5-17)11-12-3-1-6-18-9-12/h1,3-4,6-7,9-10H,2,8,11H2. The van der Waals surface area contributed by atoms with Crippen LogP contribution in [0.15, 0.2) is 43.0 Å². The Morgan fingerprint density at radius 2 is 2.10 bits per heavy atom. The molecule has 1 amide bonds. The second kappa shape index (κ2) is 7.10. The van der Waals surface area contributed by atoms with Crippen LogP contribution < -0.4 is 0 Å². The highest BCUT2D eigenvalue weighted by atomic mass is 19.1. The zero-order chi connectivity index (χ0) is 15.1. The molecule has 5 nitrogen and oxygen atoms in total. The van der Waals surface area contributed by atoms with Crippen LogP contribution in [0.2, 0.25) is 0 Å². The third kappa shape index (κ3) is 3.83. The van der Waals surface area contributed by atoms with Crippen LogP contribution in [-0.4, -0.2) is 27.3 Å². The van der Waals surface area contributed by atoms with Crippen LogP contribution in [0.1, 0.15) is 22.3 Å². The van der Waals surface area contributed by atoms with Gasteiger partial charge in [-0.15, -0.1) is 0 Å². The van der Waals surface area contributed by atoms with Gasteiger partial charge in [0.15, 0.2) is 5.82 Å². The maximum atomic E-state index is 13.7. The topological polar surface area (TPSA) is 69.9 Å². The van der Waals surface area contributed by atoms with Crippen LogP contribution in [0.25, 0.3) is 0 Å². The van der Waals surface area contributed by atoms with Crippen molar-refractivity contribution >= 4 is 5.91 Å². The van der Waals surface area contributed by atoms with E-state index < -0.39 is 11.7 Å². The zero-order valence-electron chi connectivity index (χ0n) is 11.2. The van der Waals surface area contributed by atoms with E-state index in [2.05, 4.69) is 9.97 Å². The van der Waals surface area contributed by atoms with Gasteiger partial charge in [0.2, 0.25) is 0 Å². The van der Waals surface area contributed by atoms with Crippen molar-refractivity contribution in [3.8, 4) is 6.07 Å². The molecule has 0 bridgehead atoms. The molecule has 0 aromatic carbocycles. The number of hydrogen-bond donors (Lipinski definition) is 0. The first kappa shape index (κ1) is 14.6. The number of aromatic nitrogens is 2. The molecule has 0 saturated heterocycles. The summed E-state index contributed by atoms with van der Waals surface area (Å²) in [5.41, 5.74) is 0.769. The summed E-state index contributed by atoms with van der Waals surface area (Å²) < 4.78 is 13.7. The molecule has 2 rings (SSSR count). The molecule has 2 heterocycles. The number of hydrogen-bond acceptors (Lipinski definition) is 4. The number of halogens is 1. The highest BCUT2D eigenvalue weighted by Crippen LogP contribution is 2.12. The van der Waals surface area contributed by atoms with Gasteiger partial charge < -0.3 is 4.90 Å². The van der Waals surface area contributed by atoms with Crippen LogP contribution in [0.4, 0.5) is 4.39 Å². The Balaban J connectivity index is 2.21. The summed E-state index contributed by atoms with van der Waals surface area (Å²) >= 11 is 0. The predicted octanol–water partition coefficient (Wildman–Crippen LogP) is 2.17. The van der Waals surface area contributed by atoms with E-state index in [0.29, 0.717) is 0 Å². The van der Waals surface area contributed by atoms with Gasteiger partial charge in [-0.2, -0.15) is 5.26 Å². The van der Waals surface area contributed by atoms with Gasteiger partial charge in [0.05, 0.1) is 24.3 Å². The minimum atomic E-state index is -0.671. The Morgan fingerprint density at radius 1 is 1.29 bits per heavy atom. The summed E-state index contributed by atoms with van der Waals surface area (Å²) in [5.74, 6) is -1.13. The van der Waals surface area contributed by atoms with Crippen molar-refractivity contribution in [1.82, 2.24) is 14.9 Å². The van der Waals surface area contributed by atoms with Crippen LogP contribution in [-0.2, 0) is 6.54 Å². The van der Waals surface area contributed by atoms with Crippen molar-refractivity contribution < 1.29 is 9.18 Å². The zero-order valence-corrected chi connectivity index (χ0v) is 11.2. The van der Waals surface area contributed by atoms with E-state index in [1.807, 2.05) is 12.1 Å². The van der Waals surface area contributed by atoms with E-state index >= 15 is 0 Å². The van der Waals surface area contributed by atoms with Gasteiger partial charge in [-0.05, 0) is 17.7 Å². The van der Waals surface area contributed by atoms with E-state index in [-0.39, 0.29) is 25.1 Å². The number of pyridine rings is 2. The number of nitriles is 1. The van der Waals surface area contributed by atoms with Crippen molar-refractivity contribution in [2.75, 3.05) is 6.54 Å². The SMILES string of the molecule is N#CCCN(Cc1cccnc1)C(=O)c1ccncc1F. The van der Waals surface area contributed by atoms with E-state index in [0.717, 1.165) is 11.8 Å². The lowest BCUT2D eigenvalue weighted by molar-refractivity contribution is 0.0742. The van der Waals surface area contributed by atoms with Crippen molar-refractivity contribution in [3.63, 3.8) is 0 Å². The molecule has 6 heteroatoms. The predicted molar refractivity (Wildman–Crippen MR) is 73.4 cm³/mol. The molecular formula is C15H13FN4O. The van der Waals surface area contributed by atoms with Crippen LogP contribution in [0.5, 0.6) is 0 Å². The fourth-order valence-corrected chi connectivity index (χ4v) is 1.87. The minimum absolute atomic E-state index is 0.0492. The lowest BCUT2D eigenvalue weighted by Crippen LogP contribution is -2.32. The van der Waals surface area contributed by atoms with Crippen LogP contribution >= 0.6 is 0 Å². The number of carbonyl (C=O) groups is 1. The largest absolute Gasteiger partial charge is 0.333 e. The third-order valence-corrected chi connectivity index (χ3v) is 2.88. The summed E-state index contributed by atoms with van der Waals surface area (Å²) in [5, 5.41) is 8.70. The number of amides is 1. The van der Waals surface area contributed by atoms with Crippen molar-refractivity contribution in [1.29, 1.82) is 5.26 Å². The number of nitrogens with zero attached hydrogens (tertiary/aromatic N) is 4. The fourth-order valence-electron chi connectivity index (χ4n) is 1.87. The smallest absolute Gasteiger partial charge is 0.257 e. The Hall–Kier alpha value is -2.81. The van der Waals surface area contributed by atoms with Crippen molar-refractivity contribution in [2.45, 2.75) is 13.0 Å². The normalized spacial score (nSPS) is 9.90. The summed E-state index contributed by atoms with van der Waals surface area (Å²) in [6, 6.07) is 6.90. The lowest BCUT2D eigenvalue weighted by Gasteiger charge is -2.21. The first-order valence-electron chi connectivity index (χ1n) is 6.37. The van der Waals surface area contributed by atoms with Crippen LogP contribution in [0, 0.1) is 17.1 Å². The van der Waals surface area contributed by atoms with E-state index in [1.165, 1.54) is 17.2 Å². The molecule has 0 aliphatic carbocycles. The van der Waals surface area contributed by atoms with Gasteiger partial charge in [0.25, 0.3) is 5.91 Å². The molecule has 0 aliphatic heterocycles. The third-order valence-electron chi connectivity index (χ3n) is 2.88. The molecule has 2 aromatic rings. The summed E-state index contributed by atoms with van der Waals surface area (Å²) in [4.78, 5) is 21.4. The maximum absolute atomic E-state index is 13.7. The number of carbonyl (C=O) groups excluding carboxylic acids is 1. The van der Waals surface area contributed by atoms with E-state index in [4.69, 9.17) is 5.26 Å². The highest BCUT2D eigenvalue weighted by Gasteiger charge is 2.19. The first-order valence-corrected chi connectivity index (χ1v) is 6.37. The molecule has 0 unspecified atom stereocenters. The minimum Gasteiger partial charge on any atom is -0.333 e. The average molecular weight is 284 g/mol. The molecule has 0 fully saturated rings. The Kier molecular flexibility index (Phi) is 4.94. The molecule has 0 radical (unpaired) electrons. The molecular weight excluding hydrogens is 271 g/mol. The summed E-state index contributed by atoms with van der Waals surface area (Å²) in [7, 11) is 0. The van der Waals surface area contributed by atoms with Crippen molar-refractivity contribution in [3.05, 3.63) is 59.9 Å². The molecule has 0 spiro atoms. The molecule has 21 heavy (non-hydrogen) atoms. The van der Waals surface area contributed by atoms with Gasteiger partial charge in [-0.25, -0.2) is 4.39 Å². The molecule has 0 atom stereocenters. The molecule has 2 aromatic heterocycles. The molecule has 0 N–H and O–H groups in total. The van der Waals surface area contributed by atoms with E-state index in [9.17, 15) is 9.18 Å². The van der Waals surface area contributed by atoms with Gasteiger partial charge >= 0.3 is 0 Å². The van der Waals surface area contributed by atoms with Gasteiger partial charge in [0.1, 0.15) is 0 Å². The second-order valence-electron chi connectivity index (χ2n) is 4.35. The maximum Gasteiger partial charge on any atom is 0.257 e. The average Bonchev–Trinajstić information content (AvgIpc) is 2.52. The monoisotopic (exact) mass is 284 g/mol. The number of rotatable bonds is 5. The molecule has 106 valence electrons. The highest BCUT2D eigenvalue weighted by molar-refractivity contribution is 5.94. The lowest BCUT2D eigenvalue weighted by atomic mass is 10.2. The Morgan fingerprint density at radius 3 is 2.76 bits per heavy atom. The Labute approximate surface area is 121 Å². The van der Waals surface area contributed by atoms with Gasteiger partial charge in [-0.1, -0.05) is 6.07 Å². The van der Waals surface area contributed by atoms with Gasteiger partial charge in [0, 0.05) is 31.7 Å². The van der Waals surface area contributed by atoms with Crippen LogP contribution in [0.3, 0.4) is 0 Å². The quantitative estimate of drug-likeness (QED) is 0.843. The van der Waals surface area contributed by atoms with Gasteiger partial charge in [-0.3, -0.25) is 14.8 Å². The second-order valence-corrected chi connectivity index (χ2v) is 4.35. The molecule has 0 saturated carbocycles.